The number of nitrogens with zero attached hydrogens (tertiary/aromatic N) is 1. The first kappa shape index (κ1) is 21.8. The minimum Gasteiger partial charge on any atom is -0.492 e. The third kappa shape index (κ3) is 8.16. The van der Waals surface area contributed by atoms with Crippen molar-refractivity contribution in [2.75, 3.05) is 25.4 Å². The van der Waals surface area contributed by atoms with Crippen molar-refractivity contribution in [1.82, 2.24) is 10.2 Å². The molecule has 3 rings (SSSR count). The number of likely N-dealkylation sites (tertiary alicyclic amines) is 1. The molecule has 1 fully saturated rings. The Kier molecular flexibility index (Phi) is 8.98. The second kappa shape index (κ2) is 11.9. The van der Waals surface area contributed by atoms with E-state index in [2.05, 4.69) is 21.7 Å². The van der Waals surface area contributed by atoms with Gasteiger partial charge in [0, 0.05) is 39.6 Å². The van der Waals surface area contributed by atoms with Gasteiger partial charge in [0.1, 0.15) is 11.5 Å². The zero-order valence-corrected chi connectivity index (χ0v) is 18.1. The minimum atomic E-state index is -1.25. The van der Waals surface area contributed by atoms with E-state index in [-0.39, 0.29) is 11.7 Å². The van der Waals surface area contributed by atoms with Gasteiger partial charge >= 0.3 is 0 Å². The Morgan fingerprint density at radius 3 is 3.00 bits per heavy atom. The fourth-order valence-electron chi connectivity index (χ4n) is 3.14. The average molecular weight is 437 g/mol. The highest BCUT2D eigenvalue weighted by Gasteiger charge is 2.12. The number of furan rings is 1. The lowest BCUT2D eigenvalue weighted by atomic mass is 10.1. The summed E-state index contributed by atoms with van der Waals surface area (Å²) in [7, 11) is -1.25. The first-order valence-corrected chi connectivity index (χ1v) is 12.3. The van der Waals surface area contributed by atoms with Crippen LogP contribution in [0.15, 0.2) is 46.7 Å². The topological polar surface area (TPSA) is 71.8 Å². The number of nitrogens with one attached hydrogen (secondary N) is 1. The number of carbonyl (C=O) groups is 1. The van der Waals surface area contributed by atoms with Gasteiger partial charge in [-0.2, -0.15) is 0 Å². The first-order valence-electron chi connectivity index (χ1n) is 9.92. The summed E-state index contributed by atoms with van der Waals surface area (Å²) >= 11 is 1.75. The molecule has 0 aromatic carbocycles. The van der Waals surface area contributed by atoms with Crippen LogP contribution in [0.25, 0.3) is 0 Å². The van der Waals surface area contributed by atoms with Crippen LogP contribution in [0.3, 0.4) is 0 Å². The van der Waals surface area contributed by atoms with E-state index in [1.807, 2.05) is 6.08 Å². The van der Waals surface area contributed by atoms with Crippen molar-refractivity contribution in [3.63, 3.8) is 0 Å². The predicted molar refractivity (Wildman–Crippen MR) is 116 cm³/mol. The monoisotopic (exact) mass is 436 g/mol. The van der Waals surface area contributed by atoms with Gasteiger partial charge in [-0.15, -0.1) is 11.3 Å². The third-order valence-corrected chi connectivity index (χ3v) is 6.71. The Bertz CT molecular complexity index is 795. The highest BCUT2D eigenvalue weighted by atomic mass is 32.2. The molecule has 2 aromatic heterocycles. The SMILES string of the molecule is O=C(CS(=O)Cc1ccoc1)N/C=C\CCOc1csc(CN2CCCCC2)c1. The lowest BCUT2D eigenvalue weighted by Gasteiger charge is -2.25. The van der Waals surface area contributed by atoms with Crippen molar-refractivity contribution in [2.24, 2.45) is 0 Å². The van der Waals surface area contributed by atoms with Gasteiger partial charge in [-0.05, 0) is 44.3 Å². The normalized spacial score (nSPS) is 16.1. The van der Waals surface area contributed by atoms with Crippen LogP contribution in [-0.2, 0) is 27.9 Å². The van der Waals surface area contributed by atoms with E-state index in [1.54, 1.807) is 29.9 Å². The number of carbonyl (C=O) groups excluding carboxylic acids is 1. The van der Waals surface area contributed by atoms with Gasteiger partial charge in [0.15, 0.2) is 0 Å². The zero-order chi connectivity index (χ0) is 20.3. The lowest BCUT2D eigenvalue weighted by molar-refractivity contribution is -0.117. The predicted octanol–water partition coefficient (Wildman–Crippen LogP) is 3.67. The second-order valence-electron chi connectivity index (χ2n) is 7.05. The molecule has 1 N–H and O–H groups in total. The van der Waals surface area contributed by atoms with Crippen molar-refractivity contribution in [3.8, 4) is 5.75 Å². The molecule has 0 spiro atoms. The summed E-state index contributed by atoms with van der Waals surface area (Å²) in [4.78, 5) is 15.6. The molecule has 1 aliphatic heterocycles. The summed E-state index contributed by atoms with van der Waals surface area (Å²) in [5, 5.41) is 4.70. The molecule has 0 bridgehead atoms. The Balaban J connectivity index is 1.26. The molecule has 158 valence electrons. The fraction of sp³-hybridized carbons (Fsp3) is 0.476. The number of thiophene rings is 1. The van der Waals surface area contributed by atoms with Crippen LogP contribution in [0.1, 0.15) is 36.1 Å². The number of ether oxygens (including phenoxy) is 1. The number of hydrogen-bond acceptors (Lipinski definition) is 6. The summed E-state index contributed by atoms with van der Waals surface area (Å²) in [6.07, 6.45) is 11.2. The van der Waals surface area contributed by atoms with Crippen molar-refractivity contribution in [2.45, 2.75) is 38.0 Å². The Morgan fingerprint density at radius 2 is 2.21 bits per heavy atom. The molecular weight excluding hydrogens is 408 g/mol. The van der Waals surface area contributed by atoms with Gasteiger partial charge < -0.3 is 14.5 Å². The van der Waals surface area contributed by atoms with E-state index < -0.39 is 10.8 Å². The number of hydrogen-bond donors (Lipinski definition) is 1. The van der Waals surface area contributed by atoms with Crippen LogP contribution in [0.5, 0.6) is 5.75 Å². The van der Waals surface area contributed by atoms with Gasteiger partial charge in [0.05, 0.1) is 24.9 Å². The van der Waals surface area contributed by atoms with Gasteiger partial charge in [-0.3, -0.25) is 13.9 Å². The van der Waals surface area contributed by atoms with Crippen molar-refractivity contribution in [1.29, 1.82) is 0 Å². The highest BCUT2D eigenvalue weighted by Crippen LogP contribution is 2.24. The van der Waals surface area contributed by atoms with Gasteiger partial charge in [-0.1, -0.05) is 12.5 Å². The van der Waals surface area contributed by atoms with Crippen LogP contribution in [0.2, 0.25) is 0 Å². The summed E-state index contributed by atoms with van der Waals surface area (Å²) in [5.74, 6) is 0.945. The summed E-state index contributed by atoms with van der Waals surface area (Å²) < 4.78 is 22.6. The smallest absolute Gasteiger partial charge is 0.236 e. The molecule has 3 heterocycles. The molecular formula is C21H28N2O4S2. The highest BCUT2D eigenvalue weighted by molar-refractivity contribution is 7.84. The number of rotatable bonds is 11. The number of amides is 1. The standard InChI is InChI=1S/C21H28N2O4S2/c24-21(17-29(25)16-18-6-11-26-14-18)22-7-2-5-10-27-19-12-20(28-15-19)13-23-8-3-1-4-9-23/h2,6-7,11-12,14-15H,1,3-5,8-10,13,16-17H2,(H,22,24)/b7-2-. The second-order valence-corrected chi connectivity index (χ2v) is 9.51. The maximum Gasteiger partial charge on any atom is 0.236 e. The summed E-state index contributed by atoms with van der Waals surface area (Å²) in [5.41, 5.74) is 0.830. The van der Waals surface area contributed by atoms with Crippen molar-refractivity contribution >= 4 is 28.0 Å². The molecule has 1 saturated heterocycles. The Morgan fingerprint density at radius 1 is 1.34 bits per heavy atom. The van der Waals surface area contributed by atoms with Crippen LogP contribution in [0.4, 0.5) is 0 Å². The minimum absolute atomic E-state index is 0.0271. The number of piperidine rings is 1. The van der Waals surface area contributed by atoms with E-state index in [4.69, 9.17) is 9.15 Å². The average Bonchev–Trinajstić information content (AvgIpc) is 3.37. The van der Waals surface area contributed by atoms with E-state index in [0.29, 0.717) is 18.8 Å². The van der Waals surface area contributed by atoms with Gasteiger partial charge in [0.25, 0.3) is 0 Å². The molecule has 0 saturated carbocycles. The van der Waals surface area contributed by atoms with E-state index in [0.717, 1.165) is 17.9 Å². The molecule has 29 heavy (non-hydrogen) atoms. The Hall–Kier alpha value is -1.90. The van der Waals surface area contributed by atoms with Crippen molar-refractivity contribution in [3.05, 3.63) is 52.8 Å². The molecule has 1 amide bonds. The fourth-order valence-corrected chi connectivity index (χ4v) is 5.00. The molecule has 1 unspecified atom stereocenters. The Labute approximate surface area is 178 Å². The van der Waals surface area contributed by atoms with Crippen LogP contribution in [-0.4, -0.2) is 40.5 Å². The van der Waals surface area contributed by atoms with Gasteiger partial charge in [-0.25, -0.2) is 0 Å². The molecule has 2 aromatic rings. The maximum atomic E-state index is 11.9. The zero-order valence-electron chi connectivity index (χ0n) is 16.5. The lowest BCUT2D eigenvalue weighted by Crippen LogP contribution is -2.28. The maximum absolute atomic E-state index is 11.9. The van der Waals surface area contributed by atoms with Gasteiger partial charge in [0.2, 0.25) is 5.91 Å². The van der Waals surface area contributed by atoms with Crippen LogP contribution >= 0.6 is 11.3 Å². The molecule has 0 radical (unpaired) electrons. The van der Waals surface area contributed by atoms with E-state index in [9.17, 15) is 9.00 Å². The molecule has 8 heteroatoms. The van der Waals surface area contributed by atoms with E-state index >= 15 is 0 Å². The summed E-state index contributed by atoms with van der Waals surface area (Å²) in [6, 6.07) is 3.87. The quantitative estimate of drug-likeness (QED) is 0.544. The van der Waals surface area contributed by atoms with E-state index in [1.165, 1.54) is 43.5 Å². The molecule has 1 aliphatic rings. The third-order valence-electron chi connectivity index (χ3n) is 4.57. The van der Waals surface area contributed by atoms with Crippen LogP contribution in [0, 0.1) is 0 Å². The van der Waals surface area contributed by atoms with Crippen LogP contribution < -0.4 is 10.1 Å². The summed E-state index contributed by atoms with van der Waals surface area (Å²) in [6.45, 7) is 3.96. The largest absolute Gasteiger partial charge is 0.492 e. The molecule has 0 aliphatic carbocycles. The molecule has 1 atom stereocenters. The van der Waals surface area contributed by atoms with Crippen molar-refractivity contribution < 1.29 is 18.2 Å². The first-order chi connectivity index (χ1) is 14.2. The molecule has 6 nitrogen and oxygen atoms in total.